The monoisotopic (exact) mass is 395 g/mol. The average Bonchev–Trinajstić information content (AvgIpc) is 2.62. The van der Waals surface area contributed by atoms with Crippen molar-refractivity contribution in [2.75, 3.05) is 31.9 Å². The lowest BCUT2D eigenvalue weighted by Crippen LogP contribution is -2.19. The summed E-state index contributed by atoms with van der Waals surface area (Å²) in [7, 11) is -0.710. The zero-order valence-electron chi connectivity index (χ0n) is 15.4. The Hall–Kier alpha value is -2.45. The summed E-state index contributed by atoms with van der Waals surface area (Å²) in [4.78, 5) is 12.6. The summed E-state index contributed by atoms with van der Waals surface area (Å²) in [6, 6.07) is 9.37. The predicted molar refractivity (Wildman–Crippen MR) is 100 cm³/mol. The molecule has 0 radical (unpaired) electrons. The van der Waals surface area contributed by atoms with Gasteiger partial charge in [-0.3, -0.25) is 4.79 Å². The van der Waals surface area contributed by atoms with Gasteiger partial charge in [0.25, 0.3) is 5.91 Å². The van der Waals surface area contributed by atoms with Crippen LogP contribution in [-0.2, 0) is 14.6 Å². The minimum absolute atomic E-state index is 0.0236. The van der Waals surface area contributed by atoms with E-state index < -0.39 is 21.6 Å². The molecule has 27 heavy (non-hydrogen) atoms. The third-order valence-electron chi connectivity index (χ3n) is 3.83. The maximum atomic E-state index is 13.0. The molecule has 2 aromatic carbocycles. The molecule has 8 heteroatoms. The predicted octanol–water partition coefficient (Wildman–Crippen LogP) is 3.14. The van der Waals surface area contributed by atoms with E-state index in [1.165, 1.54) is 56.7 Å². The van der Waals surface area contributed by atoms with Crippen LogP contribution in [0.1, 0.15) is 17.3 Å². The highest BCUT2D eigenvalue weighted by Gasteiger charge is 2.22. The van der Waals surface area contributed by atoms with Crippen LogP contribution in [0.25, 0.3) is 0 Å². The lowest BCUT2D eigenvalue weighted by molar-refractivity contribution is 0.102. The van der Waals surface area contributed by atoms with Gasteiger partial charge in [-0.2, -0.15) is 0 Å². The number of carbonyl (C=O) groups excluding carboxylic acids is 1. The number of ether oxygens (including phenoxy) is 2. The topological polar surface area (TPSA) is 81.7 Å². The number of amides is 1. The maximum absolute atomic E-state index is 13.0. The van der Waals surface area contributed by atoms with Crippen LogP contribution in [0, 0.1) is 11.7 Å². The Kier molecular flexibility index (Phi) is 6.92. The van der Waals surface area contributed by atoms with Gasteiger partial charge in [-0.15, -0.1) is 0 Å². The minimum atomic E-state index is -3.61. The van der Waals surface area contributed by atoms with Crippen molar-refractivity contribution in [1.29, 1.82) is 0 Å². The highest BCUT2D eigenvalue weighted by Crippen LogP contribution is 2.25. The van der Waals surface area contributed by atoms with E-state index in [0.717, 1.165) is 0 Å². The fraction of sp³-hybridized carbons (Fsp3) is 0.316. The van der Waals surface area contributed by atoms with Crippen LogP contribution in [0.3, 0.4) is 0 Å². The normalized spacial score (nSPS) is 12.4. The van der Waals surface area contributed by atoms with Crippen molar-refractivity contribution in [3.05, 3.63) is 53.8 Å². The number of carbonyl (C=O) groups is 1. The lowest BCUT2D eigenvalue weighted by Gasteiger charge is -2.14. The van der Waals surface area contributed by atoms with E-state index in [1.54, 1.807) is 6.92 Å². The van der Waals surface area contributed by atoms with Crippen molar-refractivity contribution in [2.45, 2.75) is 11.8 Å². The SMILES string of the molecule is COC[C@H](C)CS(=O)(=O)c1ccc(OC)c(C(=O)Nc2ccc(F)cc2)c1. The van der Waals surface area contributed by atoms with Crippen molar-refractivity contribution in [2.24, 2.45) is 5.92 Å². The van der Waals surface area contributed by atoms with E-state index >= 15 is 0 Å². The summed E-state index contributed by atoms with van der Waals surface area (Å²) < 4.78 is 48.4. The molecule has 2 rings (SSSR count). The van der Waals surface area contributed by atoms with E-state index in [0.29, 0.717) is 12.3 Å². The first-order valence-corrected chi connectivity index (χ1v) is 9.88. The van der Waals surface area contributed by atoms with E-state index in [1.807, 2.05) is 0 Å². The minimum Gasteiger partial charge on any atom is -0.496 e. The summed E-state index contributed by atoms with van der Waals surface area (Å²) in [5.41, 5.74) is 0.452. The molecule has 0 fully saturated rings. The number of sulfone groups is 1. The summed E-state index contributed by atoms with van der Waals surface area (Å²) in [6.45, 7) is 2.08. The molecule has 1 N–H and O–H groups in total. The largest absolute Gasteiger partial charge is 0.496 e. The second kappa shape index (κ2) is 8.96. The molecule has 146 valence electrons. The molecule has 0 bridgehead atoms. The molecule has 1 atom stereocenters. The number of methoxy groups -OCH3 is 2. The van der Waals surface area contributed by atoms with E-state index in [9.17, 15) is 17.6 Å². The van der Waals surface area contributed by atoms with Crippen LogP contribution in [0.15, 0.2) is 47.4 Å². The van der Waals surface area contributed by atoms with Gasteiger partial charge in [0.05, 0.1) is 23.3 Å². The van der Waals surface area contributed by atoms with E-state index in [-0.39, 0.29) is 27.9 Å². The number of halogens is 1. The fourth-order valence-electron chi connectivity index (χ4n) is 2.59. The molecule has 2 aromatic rings. The van der Waals surface area contributed by atoms with Crippen molar-refractivity contribution in [3.63, 3.8) is 0 Å². The Balaban J connectivity index is 2.31. The summed E-state index contributed by atoms with van der Waals surface area (Å²) in [5, 5.41) is 2.60. The molecular formula is C19H22FNO5S. The van der Waals surface area contributed by atoms with Crippen molar-refractivity contribution >= 4 is 21.4 Å². The molecule has 0 unspecified atom stereocenters. The molecule has 0 saturated carbocycles. The van der Waals surface area contributed by atoms with Gasteiger partial charge in [-0.05, 0) is 48.4 Å². The van der Waals surface area contributed by atoms with Gasteiger partial charge < -0.3 is 14.8 Å². The van der Waals surface area contributed by atoms with E-state index in [2.05, 4.69) is 5.32 Å². The number of nitrogens with one attached hydrogen (secondary N) is 1. The van der Waals surface area contributed by atoms with Gasteiger partial charge in [-0.25, -0.2) is 12.8 Å². The summed E-state index contributed by atoms with van der Waals surface area (Å²) >= 11 is 0. The van der Waals surface area contributed by atoms with Crippen LogP contribution >= 0.6 is 0 Å². The van der Waals surface area contributed by atoms with Gasteiger partial charge in [0, 0.05) is 19.4 Å². The van der Waals surface area contributed by atoms with Crippen molar-refractivity contribution < 1.29 is 27.1 Å². The first kappa shape index (κ1) is 20.9. The molecule has 6 nitrogen and oxygen atoms in total. The second-order valence-electron chi connectivity index (χ2n) is 6.17. The molecule has 0 heterocycles. The van der Waals surface area contributed by atoms with Crippen molar-refractivity contribution in [3.8, 4) is 5.75 Å². The average molecular weight is 395 g/mol. The number of anilines is 1. The maximum Gasteiger partial charge on any atom is 0.259 e. The van der Waals surface area contributed by atoms with Crippen LogP contribution < -0.4 is 10.1 Å². The van der Waals surface area contributed by atoms with Gasteiger partial charge in [-0.1, -0.05) is 6.92 Å². The van der Waals surface area contributed by atoms with Crippen LogP contribution in [-0.4, -0.2) is 40.9 Å². The third kappa shape index (κ3) is 5.51. The molecule has 0 saturated heterocycles. The van der Waals surface area contributed by atoms with Crippen LogP contribution in [0.4, 0.5) is 10.1 Å². The van der Waals surface area contributed by atoms with E-state index in [4.69, 9.17) is 9.47 Å². The first-order valence-electron chi connectivity index (χ1n) is 8.23. The van der Waals surface area contributed by atoms with Gasteiger partial charge in [0.2, 0.25) is 0 Å². The Bertz CT molecular complexity index is 897. The second-order valence-corrected chi connectivity index (χ2v) is 8.20. The van der Waals surface area contributed by atoms with Gasteiger partial charge >= 0.3 is 0 Å². The highest BCUT2D eigenvalue weighted by atomic mass is 32.2. The molecule has 0 aliphatic heterocycles. The zero-order chi connectivity index (χ0) is 20.0. The first-order chi connectivity index (χ1) is 12.8. The van der Waals surface area contributed by atoms with Crippen molar-refractivity contribution in [1.82, 2.24) is 0 Å². The Morgan fingerprint density at radius 1 is 1.15 bits per heavy atom. The Morgan fingerprint density at radius 2 is 1.81 bits per heavy atom. The Labute approximate surface area is 158 Å². The molecule has 0 spiro atoms. The number of hydrogen-bond donors (Lipinski definition) is 1. The highest BCUT2D eigenvalue weighted by molar-refractivity contribution is 7.91. The van der Waals surface area contributed by atoms with Crippen LogP contribution in [0.5, 0.6) is 5.75 Å². The Morgan fingerprint density at radius 3 is 2.41 bits per heavy atom. The van der Waals surface area contributed by atoms with Crippen LogP contribution in [0.2, 0.25) is 0 Å². The van der Waals surface area contributed by atoms with Gasteiger partial charge in [0.15, 0.2) is 9.84 Å². The quantitative estimate of drug-likeness (QED) is 0.743. The summed E-state index contributed by atoms with van der Waals surface area (Å²) in [5.74, 6) is -1.05. The third-order valence-corrected chi connectivity index (χ3v) is 5.81. The smallest absolute Gasteiger partial charge is 0.259 e. The molecule has 0 aliphatic carbocycles. The number of rotatable bonds is 8. The molecular weight excluding hydrogens is 373 g/mol. The van der Waals surface area contributed by atoms with Gasteiger partial charge in [0.1, 0.15) is 11.6 Å². The lowest BCUT2D eigenvalue weighted by atomic mass is 10.2. The zero-order valence-corrected chi connectivity index (χ0v) is 16.2. The fourth-order valence-corrected chi connectivity index (χ4v) is 4.20. The molecule has 1 amide bonds. The number of benzene rings is 2. The number of hydrogen-bond acceptors (Lipinski definition) is 5. The standard InChI is InChI=1S/C19H22FNO5S/c1-13(11-25-2)12-27(23,24)16-8-9-18(26-3)17(10-16)19(22)21-15-6-4-14(20)5-7-15/h4-10,13H,11-12H2,1-3H3,(H,21,22)/t13-/m0/s1. The molecule has 0 aromatic heterocycles. The summed E-state index contributed by atoms with van der Waals surface area (Å²) in [6.07, 6.45) is 0. The molecule has 0 aliphatic rings.